The van der Waals surface area contributed by atoms with Crippen LogP contribution in [-0.4, -0.2) is 42.1 Å². The molecule has 2 rings (SSSR count). The van der Waals surface area contributed by atoms with Crippen LogP contribution in [0, 0.1) is 0 Å². The predicted molar refractivity (Wildman–Crippen MR) is 87.1 cm³/mol. The summed E-state index contributed by atoms with van der Waals surface area (Å²) in [6.45, 7) is 7.87. The lowest BCUT2D eigenvalue weighted by Crippen LogP contribution is -2.44. The summed E-state index contributed by atoms with van der Waals surface area (Å²) in [5.74, 6) is 0. The average Bonchev–Trinajstić information content (AvgIpc) is 2.84. The average molecular weight is 321 g/mol. The van der Waals surface area contributed by atoms with Gasteiger partial charge < -0.3 is 19.2 Å². The van der Waals surface area contributed by atoms with E-state index < -0.39 is 25.0 Å². The number of methoxy groups -OCH3 is 1. The molecule has 0 saturated heterocycles. The van der Waals surface area contributed by atoms with Crippen LogP contribution in [0.2, 0.25) is 0 Å². The van der Waals surface area contributed by atoms with Gasteiger partial charge in [0.15, 0.2) is 0 Å². The van der Waals surface area contributed by atoms with Crippen LogP contribution in [0.1, 0.15) is 38.8 Å². The summed E-state index contributed by atoms with van der Waals surface area (Å²) in [5.41, 5.74) is 1.89. The summed E-state index contributed by atoms with van der Waals surface area (Å²) in [6.07, 6.45) is -0.918. The van der Waals surface area contributed by atoms with Gasteiger partial charge in [-0.05, 0) is 44.3 Å². The third kappa shape index (κ3) is 4.25. The van der Waals surface area contributed by atoms with E-state index in [2.05, 4.69) is 0 Å². The highest BCUT2D eigenvalue weighted by molar-refractivity contribution is 6.62. The zero-order valence-corrected chi connectivity index (χ0v) is 14.3. The fourth-order valence-electron chi connectivity index (χ4n) is 2.47. The Labute approximate surface area is 137 Å². The van der Waals surface area contributed by atoms with E-state index in [1.54, 1.807) is 6.92 Å². The van der Waals surface area contributed by atoms with Gasteiger partial charge in [0.1, 0.15) is 11.8 Å². The molecular weight excluding hydrogens is 297 g/mol. The first-order chi connectivity index (χ1) is 10.7. The summed E-state index contributed by atoms with van der Waals surface area (Å²) < 4.78 is 16.0. The molecule has 1 aromatic rings. The van der Waals surface area contributed by atoms with Gasteiger partial charge in [0.05, 0.1) is 13.2 Å². The van der Waals surface area contributed by atoms with Crippen molar-refractivity contribution < 1.29 is 23.9 Å². The molecule has 0 saturated carbocycles. The van der Waals surface area contributed by atoms with E-state index in [0.29, 0.717) is 6.61 Å². The maximum Gasteiger partial charge on any atom is 0.492 e. The number of hydrogen-bond donors (Lipinski definition) is 1. The first-order valence-corrected chi connectivity index (χ1v) is 7.65. The molecule has 0 aromatic heterocycles. The van der Waals surface area contributed by atoms with Gasteiger partial charge >= 0.3 is 13.2 Å². The van der Waals surface area contributed by atoms with Crippen LogP contribution < -0.4 is 5.46 Å². The zero-order valence-electron chi connectivity index (χ0n) is 14.3. The predicted octanol–water partition coefficient (Wildman–Crippen LogP) is 1.63. The van der Waals surface area contributed by atoms with E-state index in [9.17, 15) is 9.82 Å². The summed E-state index contributed by atoms with van der Waals surface area (Å²) in [7, 11) is 0.578. The Bertz CT molecular complexity index is 572. The van der Waals surface area contributed by atoms with Gasteiger partial charge in [0.25, 0.3) is 0 Å². The summed E-state index contributed by atoms with van der Waals surface area (Å²) >= 11 is 0. The van der Waals surface area contributed by atoms with E-state index in [0.717, 1.165) is 16.6 Å². The largest absolute Gasteiger partial charge is 0.492 e. The monoisotopic (exact) mass is 321 g/mol. The molecule has 1 heterocycles. The van der Waals surface area contributed by atoms with Crippen molar-refractivity contribution in [2.75, 3.05) is 7.11 Å². The van der Waals surface area contributed by atoms with Crippen molar-refractivity contribution in [2.24, 2.45) is 0 Å². The number of ether oxygens (including phenoxy) is 2. The Kier molecular flexibility index (Phi) is 5.34. The number of rotatable bonds is 4. The van der Waals surface area contributed by atoms with Crippen molar-refractivity contribution in [1.82, 2.24) is 4.90 Å². The molecule has 0 spiro atoms. The smallest absolute Gasteiger partial charge is 0.444 e. The van der Waals surface area contributed by atoms with Crippen molar-refractivity contribution in [2.45, 2.75) is 52.7 Å². The summed E-state index contributed by atoms with van der Waals surface area (Å²) in [5, 5.41) is 10.0. The molecule has 0 aliphatic carbocycles. The molecule has 0 radical (unpaired) electrons. The molecule has 1 aromatic carbocycles. The van der Waals surface area contributed by atoms with Crippen LogP contribution in [0.4, 0.5) is 4.79 Å². The number of fused-ring (bicyclic) bond motifs is 1. The van der Waals surface area contributed by atoms with Crippen molar-refractivity contribution >= 4 is 18.7 Å². The Morgan fingerprint density at radius 2 is 2.17 bits per heavy atom. The molecule has 1 amide bonds. The van der Waals surface area contributed by atoms with E-state index in [1.807, 2.05) is 39.0 Å². The van der Waals surface area contributed by atoms with Crippen molar-refractivity contribution in [3.8, 4) is 0 Å². The zero-order chi connectivity index (χ0) is 17.2. The molecule has 1 unspecified atom stereocenters. The van der Waals surface area contributed by atoms with Gasteiger partial charge in [-0.15, -0.1) is 0 Å². The van der Waals surface area contributed by atoms with Crippen LogP contribution in [0.25, 0.3) is 0 Å². The number of benzene rings is 1. The van der Waals surface area contributed by atoms with Gasteiger partial charge in [0, 0.05) is 7.11 Å². The van der Waals surface area contributed by atoms with Gasteiger partial charge in [0.2, 0.25) is 0 Å². The molecule has 1 atom stereocenters. The van der Waals surface area contributed by atoms with Gasteiger partial charge in [-0.3, -0.25) is 4.90 Å². The fraction of sp³-hybridized carbons (Fsp3) is 0.562. The molecule has 126 valence electrons. The molecular formula is C16H24BNO5. The molecule has 23 heavy (non-hydrogen) atoms. The number of nitrogens with zero attached hydrogens (tertiary/aromatic N) is 1. The van der Waals surface area contributed by atoms with Gasteiger partial charge in [-0.1, -0.05) is 18.2 Å². The number of carbonyl (C=O) groups is 1. The maximum absolute atomic E-state index is 12.5. The van der Waals surface area contributed by atoms with E-state index >= 15 is 0 Å². The standard InChI is InChI=1S/C16H24BNO5/c1-11(21-5)18(15(19)23-16(2,3)4)9-12-7-6-8-13-10-22-17(20)14(12)13/h6-8,11,20H,9-10H2,1-5H3. The van der Waals surface area contributed by atoms with E-state index in [-0.39, 0.29) is 6.54 Å². The minimum absolute atomic E-state index is 0.271. The molecule has 1 N–H and O–H groups in total. The lowest BCUT2D eigenvalue weighted by Gasteiger charge is -2.31. The molecule has 1 aliphatic heterocycles. The van der Waals surface area contributed by atoms with Crippen LogP contribution in [0.15, 0.2) is 18.2 Å². The lowest BCUT2D eigenvalue weighted by molar-refractivity contribution is -0.0444. The Morgan fingerprint density at radius 1 is 1.48 bits per heavy atom. The number of carbonyl (C=O) groups excluding carboxylic acids is 1. The lowest BCUT2D eigenvalue weighted by atomic mass is 9.76. The second-order valence-electron chi connectivity index (χ2n) is 6.60. The highest BCUT2D eigenvalue weighted by Gasteiger charge is 2.32. The summed E-state index contributed by atoms with van der Waals surface area (Å²) in [6, 6.07) is 5.67. The first-order valence-electron chi connectivity index (χ1n) is 7.65. The molecule has 1 aliphatic rings. The second-order valence-corrected chi connectivity index (χ2v) is 6.60. The fourth-order valence-corrected chi connectivity index (χ4v) is 2.47. The van der Waals surface area contributed by atoms with Crippen molar-refractivity contribution in [1.29, 1.82) is 0 Å². The summed E-state index contributed by atoms with van der Waals surface area (Å²) in [4.78, 5) is 14.0. The van der Waals surface area contributed by atoms with Crippen molar-refractivity contribution in [3.05, 3.63) is 29.3 Å². The van der Waals surface area contributed by atoms with Crippen LogP contribution in [0.5, 0.6) is 0 Å². The third-order valence-corrected chi connectivity index (χ3v) is 3.68. The Hall–Kier alpha value is -1.57. The van der Waals surface area contributed by atoms with E-state index in [4.69, 9.17) is 14.1 Å². The molecule has 7 heteroatoms. The van der Waals surface area contributed by atoms with Crippen molar-refractivity contribution in [3.63, 3.8) is 0 Å². The highest BCUT2D eigenvalue weighted by Crippen LogP contribution is 2.18. The van der Waals surface area contributed by atoms with Crippen LogP contribution >= 0.6 is 0 Å². The normalized spacial score (nSPS) is 15.3. The topological polar surface area (TPSA) is 68.2 Å². The molecule has 0 fully saturated rings. The first kappa shape index (κ1) is 17.8. The molecule has 0 bridgehead atoms. The van der Waals surface area contributed by atoms with Gasteiger partial charge in [-0.2, -0.15) is 0 Å². The Balaban J connectivity index is 2.26. The van der Waals surface area contributed by atoms with Crippen LogP contribution in [0.3, 0.4) is 0 Å². The Morgan fingerprint density at radius 3 is 2.78 bits per heavy atom. The maximum atomic E-state index is 12.5. The number of hydrogen-bond acceptors (Lipinski definition) is 5. The molecule has 6 nitrogen and oxygen atoms in total. The van der Waals surface area contributed by atoms with Crippen LogP contribution in [-0.2, 0) is 27.3 Å². The van der Waals surface area contributed by atoms with E-state index in [1.165, 1.54) is 12.0 Å². The third-order valence-electron chi connectivity index (χ3n) is 3.68. The minimum Gasteiger partial charge on any atom is -0.444 e. The second kappa shape index (κ2) is 6.90. The minimum atomic E-state index is -0.959. The van der Waals surface area contributed by atoms with Gasteiger partial charge in [-0.25, -0.2) is 4.79 Å². The quantitative estimate of drug-likeness (QED) is 0.674. The highest BCUT2D eigenvalue weighted by atomic mass is 16.6. The SMILES string of the molecule is COC(C)N(Cc1cccc2c1B(O)OC2)C(=O)OC(C)(C)C. The number of amides is 1.